The maximum absolute atomic E-state index is 13.0. The first-order valence-corrected chi connectivity index (χ1v) is 6.27. The van der Waals surface area contributed by atoms with E-state index < -0.39 is 35.6 Å². The molecule has 1 aromatic carbocycles. The monoisotopic (exact) mass is 297 g/mol. The highest BCUT2D eigenvalue weighted by Gasteiger charge is 2.45. The van der Waals surface area contributed by atoms with Gasteiger partial charge in [0, 0.05) is 23.9 Å². The van der Waals surface area contributed by atoms with E-state index in [1.54, 1.807) is 0 Å². The summed E-state index contributed by atoms with van der Waals surface area (Å²) in [5, 5.41) is 2.48. The number of halogens is 6. The van der Waals surface area contributed by atoms with E-state index in [0.717, 1.165) is 0 Å². The zero-order valence-electron chi connectivity index (χ0n) is 10.4. The molecular formula is C13H13F6N. The fourth-order valence-corrected chi connectivity index (χ4v) is 2.55. The molecule has 0 radical (unpaired) electrons. The van der Waals surface area contributed by atoms with Crippen molar-refractivity contribution < 1.29 is 26.3 Å². The predicted octanol–water partition coefficient (Wildman–Crippen LogP) is 4.64. The average molecular weight is 297 g/mol. The van der Waals surface area contributed by atoms with E-state index in [-0.39, 0.29) is 18.5 Å². The summed E-state index contributed by atoms with van der Waals surface area (Å²) in [6.07, 6.45) is -3.06. The summed E-state index contributed by atoms with van der Waals surface area (Å²) in [7, 11) is 0. The van der Waals surface area contributed by atoms with Crippen molar-refractivity contribution in [2.45, 2.75) is 37.9 Å². The number of benzene rings is 1. The highest BCUT2D eigenvalue weighted by Crippen LogP contribution is 2.39. The minimum absolute atomic E-state index is 0.0205. The molecule has 0 saturated heterocycles. The maximum Gasteiger partial charge on any atom is 0.393 e. The van der Waals surface area contributed by atoms with E-state index >= 15 is 0 Å². The summed E-state index contributed by atoms with van der Waals surface area (Å²) in [6, 6.07) is 0.383. The smallest absolute Gasteiger partial charge is 0.382 e. The Bertz CT molecular complexity index is 461. The van der Waals surface area contributed by atoms with Crippen LogP contribution in [-0.2, 0) is 0 Å². The Labute approximate surface area is 112 Å². The van der Waals surface area contributed by atoms with Crippen molar-refractivity contribution >= 4 is 5.69 Å². The van der Waals surface area contributed by atoms with E-state index in [1.165, 1.54) is 0 Å². The van der Waals surface area contributed by atoms with Gasteiger partial charge in [-0.15, -0.1) is 0 Å². The van der Waals surface area contributed by atoms with Gasteiger partial charge < -0.3 is 5.32 Å². The largest absolute Gasteiger partial charge is 0.393 e. The minimum Gasteiger partial charge on any atom is -0.382 e. The number of hydrogen-bond donors (Lipinski definition) is 1. The Morgan fingerprint density at radius 1 is 0.950 bits per heavy atom. The molecule has 1 fully saturated rings. The van der Waals surface area contributed by atoms with Gasteiger partial charge in [-0.1, -0.05) is 12.8 Å². The van der Waals surface area contributed by atoms with Crippen molar-refractivity contribution in [1.29, 1.82) is 0 Å². The highest BCUT2D eigenvalue weighted by molar-refractivity contribution is 5.45. The Balaban J connectivity index is 2.19. The lowest BCUT2D eigenvalue weighted by Crippen LogP contribution is -2.41. The molecule has 1 nitrogen and oxygen atoms in total. The molecule has 2 atom stereocenters. The zero-order chi connectivity index (χ0) is 14.9. The van der Waals surface area contributed by atoms with Gasteiger partial charge in [-0.05, 0) is 12.8 Å². The molecule has 1 aliphatic carbocycles. The van der Waals surface area contributed by atoms with Crippen LogP contribution in [0.5, 0.6) is 0 Å². The van der Waals surface area contributed by atoms with Gasteiger partial charge in [0.2, 0.25) is 0 Å². The molecule has 7 heteroatoms. The molecule has 20 heavy (non-hydrogen) atoms. The van der Waals surface area contributed by atoms with Gasteiger partial charge in [0.1, 0.15) is 0 Å². The number of rotatable bonds is 2. The first-order chi connectivity index (χ1) is 9.29. The second kappa shape index (κ2) is 5.54. The fourth-order valence-electron chi connectivity index (χ4n) is 2.55. The lowest BCUT2D eigenvalue weighted by molar-refractivity contribution is -0.184. The van der Waals surface area contributed by atoms with Gasteiger partial charge in [0.05, 0.1) is 5.92 Å². The SMILES string of the molecule is Fc1cc(NC2CCCCC2C(F)(F)F)cc(F)c1F. The van der Waals surface area contributed by atoms with Crippen molar-refractivity contribution in [1.82, 2.24) is 0 Å². The van der Waals surface area contributed by atoms with Crippen LogP contribution in [0.1, 0.15) is 25.7 Å². The molecule has 1 aliphatic rings. The number of hydrogen-bond acceptors (Lipinski definition) is 1. The molecule has 0 heterocycles. The summed E-state index contributed by atoms with van der Waals surface area (Å²) in [5.41, 5.74) is -0.178. The number of anilines is 1. The van der Waals surface area contributed by atoms with E-state index in [1.807, 2.05) is 0 Å². The average Bonchev–Trinajstić information content (AvgIpc) is 2.35. The number of alkyl halides is 3. The summed E-state index contributed by atoms with van der Waals surface area (Å²) >= 11 is 0. The maximum atomic E-state index is 13.0. The highest BCUT2D eigenvalue weighted by atomic mass is 19.4. The molecule has 0 aliphatic heterocycles. The fraction of sp³-hybridized carbons (Fsp3) is 0.538. The molecule has 0 bridgehead atoms. The molecule has 0 amide bonds. The third kappa shape index (κ3) is 3.19. The van der Waals surface area contributed by atoms with E-state index in [0.29, 0.717) is 25.0 Å². The van der Waals surface area contributed by atoms with Gasteiger partial charge >= 0.3 is 6.18 Å². The van der Waals surface area contributed by atoms with Crippen LogP contribution in [0.15, 0.2) is 12.1 Å². The Kier molecular flexibility index (Phi) is 4.15. The molecule has 0 spiro atoms. The van der Waals surface area contributed by atoms with Crippen LogP contribution in [0.3, 0.4) is 0 Å². The Morgan fingerprint density at radius 2 is 1.50 bits per heavy atom. The molecule has 112 valence electrons. The van der Waals surface area contributed by atoms with Gasteiger partial charge in [0.15, 0.2) is 17.5 Å². The van der Waals surface area contributed by atoms with Crippen molar-refractivity contribution in [3.8, 4) is 0 Å². The Morgan fingerprint density at radius 3 is 2.05 bits per heavy atom. The van der Waals surface area contributed by atoms with Gasteiger partial charge in [-0.2, -0.15) is 13.2 Å². The van der Waals surface area contributed by atoms with E-state index in [9.17, 15) is 26.3 Å². The summed E-state index contributed by atoms with van der Waals surface area (Å²) < 4.78 is 77.5. The van der Waals surface area contributed by atoms with Crippen molar-refractivity contribution in [3.05, 3.63) is 29.6 Å². The zero-order valence-corrected chi connectivity index (χ0v) is 10.4. The van der Waals surface area contributed by atoms with Crippen LogP contribution in [0.25, 0.3) is 0 Å². The second-order valence-electron chi connectivity index (χ2n) is 4.94. The van der Waals surface area contributed by atoms with Crippen LogP contribution in [0, 0.1) is 23.4 Å². The van der Waals surface area contributed by atoms with Crippen molar-refractivity contribution in [2.75, 3.05) is 5.32 Å². The quantitative estimate of drug-likeness (QED) is 0.619. The molecule has 0 aromatic heterocycles. The molecule has 2 rings (SSSR count). The summed E-state index contributed by atoms with van der Waals surface area (Å²) in [5.74, 6) is -6.04. The van der Waals surface area contributed by atoms with Gasteiger partial charge in [-0.3, -0.25) is 0 Å². The molecule has 1 saturated carbocycles. The molecule has 2 unspecified atom stereocenters. The predicted molar refractivity (Wildman–Crippen MR) is 61.7 cm³/mol. The van der Waals surface area contributed by atoms with Crippen LogP contribution < -0.4 is 5.32 Å². The lowest BCUT2D eigenvalue weighted by Gasteiger charge is -2.34. The summed E-state index contributed by atoms with van der Waals surface area (Å²) in [4.78, 5) is 0. The van der Waals surface area contributed by atoms with Crippen LogP contribution in [0.4, 0.5) is 32.0 Å². The standard InChI is InChI=1S/C13H13F6N/c14-9-5-7(6-10(15)12(9)16)20-11-4-2-1-3-8(11)13(17,18)19/h5-6,8,11,20H,1-4H2. The topological polar surface area (TPSA) is 12.0 Å². The minimum atomic E-state index is -4.37. The first kappa shape index (κ1) is 15.0. The molecule has 1 N–H and O–H groups in total. The molecule has 1 aromatic rings. The van der Waals surface area contributed by atoms with Gasteiger partial charge in [0.25, 0.3) is 0 Å². The Hall–Kier alpha value is -1.40. The van der Waals surface area contributed by atoms with E-state index in [2.05, 4.69) is 5.32 Å². The van der Waals surface area contributed by atoms with Crippen LogP contribution in [-0.4, -0.2) is 12.2 Å². The first-order valence-electron chi connectivity index (χ1n) is 6.27. The van der Waals surface area contributed by atoms with Crippen LogP contribution >= 0.6 is 0 Å². The van der Waals surface area contributed by atoms with Gasteiger partial charge in [-0.25, -0.2) is 13.2 Å². The number of nitrogens with one attached hydrogen (secondary N) is 1. The van der Waals surface area contributed by atoms with Crippen LogP contribution in [0.2, 0.25) is 0 Å². The van der Waals surface area contributed by atoms with E-state index in [4.69, 9.17) is 0 Å². The normalized spacial score (nSPS) is 23.7. The third-order valence-electron chi connectivity index (χ3n) is 3.52. The second-order valence-corrected chi connectivity index (χ2v) is 4.94. The summed E-state index contributed by atoms with van der Waals surface area (Å²) in [6.45, 7) is 0. The molecular weight excluding hydrogens is 284 g/mol. The third-order valence-corrected chi connectivity index (χ3v) is 3.52. The lowest BCUT2D eigenvalue weighted by atomic mass is 9.84. The van der Waals surface area contributed by atoms with Crippen molar-refractivity contribution in [2.24, 2.45) is 5.92 Å². The van der Waals surface area contributed by atoms with Crippen molar-refractivity contribution in [3.63, 3.8) is 0 Å².